The second-order valence-corrected chi connectivity index (χ2v) is 9.84. The molecule has 5 rings (SSSR count). The van der Waals surface area contributed by atoms with Crippen molar-refractivity contribution >= 4 is 23.2 Å². The van der Waals surface area contributed by atoms with Crippen molar-refractivity contribution in [3.63, 3.8) is 0 Å². The van der Waals surface area contributed by atoms with Crippen LogP contribution in [0.4, 0.5) is 11.4 Å². The first-order valence-corrected chi connectivity index (χ1v) is 13.1. The van der Waals surface area contributed by atoms with E-state index in [2.05, 4.69) is 27.4 Å². The number of benzene rings is 3. The van der Waals surface area contributed by atoms with Crippen LogP contribution in [0.2, 0.25) is 0 Å². The van der Waals surface area contributed by atoms with E-state index in [1.807, 2.05) is 78.9 Å². The molecule has 6 heteroatoms. The molecule has 6 nitrogen and oxygen atoms in total. The maximum Gasteiger partial charge on any atom is 0.255 e. The molecule has 1 fully saturated rings. The Morgan fingerprint density at radius 1 is 0.868 bits per heavy atom. The number of carbonyl (C=O) groups is 2. The first-order valence-electron chi connectivity index (χ1n) is 13.1. The van der Waals surface area contributed by atoms with Crippen LogP contribution in [-0.2, 0) is 6.54 Å². The monoisotopic (exact) mass is 504 g/mol. The van der Waals surface area contributed by atoms with Crippen molar-refractivity contribution in [2.24, 2.45) is 5.92 Å². The molecule has 3 aromatic carbocycles. The number of rotatable bonds is 7. The molecular formula is C32H32N4O2. The number of nitrogens with zero attached hydrogens (tertiary/aromatic N) is 2. The highest BCUT2D eigenvalue weighted by Crippen LogP contribution is 2.29. The van der Waals surface area contributed by atoms with E-state index < -0.39 is 0 Å². The zero-order chi connectivity index (χ0) is 26.3. The fraction of sp³-hybridized carbons (Fsp3) is 0.219. The van der Waals surface area contributed by atoms with Gasteiger partial charge in [-0.2, -0.15) is 0 Å². The molecule has 2 amide bonds. The van der Waals surface area contributed by atoms with Gasteiger partial charge in [-0.15, -0.1) is 0 Å². The number of carbonyl (C=O) groups excluding carboxylic acids is 2. The lowest BCUT2D eigenvalue weighted by atomic mass is 9.97. The number of aromatic nitrogens is 1. The standard InChI is InChI=1S/C32H32N4O2/c1-23-15-18-36(19-16-23)30-14-13-28(20-29(30)32(38)34-22-24-6-5-17-33-21-24)35-31(37)27-11-9-26(10-12-27)25-7-3-2-4-8-25/h2-14,17,20-21,23H,15-16,18-19,22H2,1H3,(H,34,38)(H,35,37). The fourth-order valence-electron chi connectivity index (χ4n) is 4.75. The number of nitrogens with one attached hydrogen (secondary N) is 2. The molecule has 0 radical (unpaired) electrons. The van der Waals surface area contributed by atoms with Gasteiger partial charge in [0, 0.05) is 49.0 Å². The molecule has 1 aliphatic rings. The number of amides is 2. The van der Waals surface area contributed by atoms with Gasteiger partial charge in [0.1, 0.15) is 0 Å². The molecule has 0 atom stereocenters. The van der Waals surface area contributed by atoms with E-state index in [4.69, 9.17) is 0 Å². The number of piperidine rings is 1. The Bertz CT molecular complexity index is 1380. The average molecular weight is 505 g/mol. The van der Waals surface area contributed by atoms with E-state index >= 15 is 0 Å². The van der Waals surface area contributed by atoms with Gasteiger partial charge >= 0.3 is 0 Å². The largest absolute Gasteiger partial charge is 0.371 e. The van der Waals surface area contributed by atoms with Gasteiger partial charge in [-0.1, -0.05) is 55.5 Å². The van der Waals surface area contributed by atoms with Gasteiger partial charge in [0.25, 0.3) is 11.8 Å². The van der Waals surface area contributed by atoms with Crippen LogP contribution < -0.4 is 15.5 Å². The van der Waals surface area contributed by atoms with Crippen LogP contribution in [0.15, 0.2) is 97.3 Å². The first kappa shape index (κ1) is 25.2. The molecule has 0 aliphatic carbocycles. The summed E-state index contributed by atoms with van der Waals surface area (Å²) in [6.07, 6.45) is 5.64. The fourth-order valence-corrected chi connectivity index (χ4v) is 4.75. The molecule has 38 heavy (non-hydrogen) atoms. The summed E-state index contributed by atoms with van der Waals surface area (Å²) >= 11 is 0. The summed E-state index contributed by atoms with van der Waals surface area (Å²) in [5.74, 6) is 0.289. The number of hydrogen-bond donors (Lipinski definition) is 2. The lowest BCUT2D eigenvalue weighted by Gasteiger charge is -2.33. The average Bonchev–Trinajstić information content (AvgIpc) is 2.97. The molecular weight excluding hydrogens is 472 g/mol. The van der Waals surface area contributed by atoms with E-state index in [0.717, 1.165) is 48.3 Å². The molecule has 2 N–H and O–H groups in total. The molecule has 1 saturated heterocycles. The van der Waals surface area contributed by atoms with Crippen molar-refractivity contribution in [2.75, 3.05) is 23.3 Å². The predicted molar refractivity (Wildman–Crippen MR) is 152 cm³/mol. The third-order valence-corrected chi connectivity index (χ3v) is 7.05. The molecule has 0 bridgehead atoms. The van der Waals surface area contributed by atoms with Gasteiger partial charge in [0.2, 0.25) is 0 Å². The summed E-state index contributed by atoms with van der Waals surface area (Å²) in [4.78, 5) is 32.8. The van der Waals surface area contributed by atoms with Crippen LogP contribution in [0.25, 0.3) is 11.1 Å². The minimum atomic E-state index is -0.217. The molecule has 0 spiro atoms. The van der Waals surface area contributed by atoms with Crippen LogP contribution in [0.5, 0.6) is 0 Å². The van der Waals surface area contributed by atoms with Gasteiger partial charge < -0.3 is 15.5 Å². The maximum atomic E-state index is 13.4. The third-order valence-electron chi connectivity index (χ3n) is 7.05. The number of hydrogen-bond acceptors (Lipinski definition) is 4. The second kappa shape index (κ2) is 11.7. The van der Waals surface area contributed by atoms with Crippen LogP contribution in [0, 0.1) is 5.92 Å². The molecule has 4 aromatic rings. The Balaban J connectivity index is 1.34. The van der Waals surface area contributed by atoms with Crippen molar-refractivity contribution in [2.45, 2.75) is 26.3 Å². The molecule has 1 aliphatic heterocycles. The summed E-state index contributed by atoms with van der Waals surface area (Å²) in [5.41, 5.74) is 5.67. The Labute approximate surface area is 223 Å². The summed E-state index contributed by atoms with van der Waals surface area (Å²) < 4.78 is 0. The molecule has 0 unspecified atom stereocenters. The Kier molecular flexibility index (Phi) is 7.78. The topological polar surface area (TPSA) is 74.3 Å². The molecule has 0 saturated carbocycles. The summed E-state index contributed by atoms with van der Waals surface area (Å²) in [6, 6.07) is 27.0. The lowest BCUT2D eigenvalue weighted by Crippen LogP contribution is -2.35. The Morgan fingerprint density at radius 2 is 1.61 bits per heavy atom. The predicted octanol–water partition coefficient (Wildman–Crippen LogP) is 6.17. The minimum absolute atomic E-state index is 0.175. The van der Waals surface area contributed by atoms with Crippen molar-refractivity contribution in [1.29, 1.82) is 0 Å². The van der Waals surface area contributed by atoms with Crippen LogP contribution >= 0.6 is 0 Å². The first-order chi connectivity index (χ1) is 18.6. The van der Waals surface area contributed by atoms with Crippen molar-refractivity contribution < 1.29 is 9.59 Å². The summed E-state index contributed by atoms with van der Waals surface area (Å²) in [6.45, 7) is 4.46. The van der Waals surface area contributed by atoms with Crippen molar-refractivity contribution in [1.82, 2.24) is 10.3 Å². The normalized spacial score (nSPS) is 13.7. The SMILES string of the molecule is CC1CCN(c2ccc(NC(=O)c3ccc(-c4ccccc4)cc3)cc2C(=O)NCc2cccnc2)CC1. The van der Waals surface area contributed by atoms with Crippen LogP contribution in [0.1, 0.15) is 46.0 Å². The maximum absolute atomic E-state index is 13.4. The third kappa shape index (κ3) is 6.09. The van der Waals surface area contributed by atoms with Crippen molar-refractivity contribution in [3.05, 3.63) is 114 Å². The summed E-state index contributed by atoms with van der Waals surface area (Å²) in [7, 11) is 0. The van der Waals surface area contributed by atoms with E-state index in [1.54, 1.807) is 18.5 Å². The van der Waals surface area contributed by atoms with Gasteiger partial charge in [-0.3, -0.25) is 14.6 Å². The zero-order valence-electron chi connectivity index (χ0n) is 21.6. The highest BCUT2D eigenvalue weighted by Gasteiger charge is 2.22. The quantitative estimate of drug-likeness (QED) is 0.316. The smallest absolute Gasteiger partial charge is 0.255 e. The highest BCUT2D eigenvalue weighted by molar-refractivity contribution is 6.06. The molecule has 2 heterocycles. The molecule has 192 valence electrons. The van der Waals surface area contributed by atoms with Gasteiger partial charge in [-0.25, -0.2) is 0 Å². The zero-order valence-corrected chi connectivity index (χ0v) is 21.6. The second-order valence-electron chi connectivity index (χ2n) is 9.84. The Morgan fingerprint density at radius 3 is 2.32 bits per heavy atom. The van der Waals surface area contributed by atoms with Crippen LogP contribution in [-0.4, -0.2) is 29.9 Å². The van der Waals surface area contributed by atoms with Gasteiger partial charge in [0.15, 0.2) is 0 Å². The van der Waals surface area contributed by atoms with Crippen molar-refractivity contribution in [3.8, 4) is 11.1 Å². The highest BCUT2D eigenvalue weighted by atomic mass is 16.2. The number of anilines is 2. The molecule has 1 aromatic heterocycles. The van der Waals surface area contributed by atoms with E-state index in [-0.39, 0.29) is 11.8 Å². The summed E-state index contributed by atoms with van der Waals surface area (Å²) in [5, 5.41) is 6.00. The van der Waals surface area contributed by atoms with Gasteiger partial charge in [-0.05, 0) is 71.8 Å². The van der Waals surface area contributed by atoms with Crippen LogP contribution in [0.3, 0.4) is 0 Å². The number of pyridine rings is 1. The van der Waals surface area contributed by atoms with E-state index in [1.165, 1.54) is 0 Å². The lowest BCUT2D eigenvalue weighted by molar-refractivity contribution is 0.0950. The van der Waals surface area contributed by atoms with E-state index in [0.29, 0.717) is 29.3 Å². The minimum Gasteiger partial charge on any atom is -0.371 e. The van der Waals surface area contributed by atoms with Gasteiger partial charge in [0.05, 0.1) is 5.56 Å². The Hall–Kier alpha value is -4.45. The van der Waals surface area contributed by atoms with E-state index in [9.17, 15) is 9.59 Å².